The lowest BCUT2D eigenvalue weighted by Crippen LogP contribution is -2.46. The minimum atomic E-state index is -0.794. The molecule has 8 nitrogen and oxygen atoms in total. The number of nitrogens with one attached hydrogen (secondary N) is 1. The highest BCUT2D eigenvalue weighted by atomic mass is 35.5. The van der Waals surface area contributed by atoms with Crippen molar-refractivity contribution < 1.29 is 14.3 Å². The Kier molecular flexibility index (Phi) is 6.29. The van der Waals surface area contributed by atoms with Gasteiger partial charge in [0.2, 0.25) is 5.91 Å². The van der Waals surface area contributed by atoms with Gasteiger partial charge in [-0.1, -0.05) is 54.1 Å². The standard InChI is InChI=1S/C26H22ClN3O5/c27-18-10-11-20-21(12-18)30(26(33)25(32)29(20)14-17-6-2-1-3-7-17)15-24(31)28-13-19-16-34-22-8-4-5-9-23(22)35-19/h1-12,19H,13-16H2,(H,28,31). The first kappa shape index (κ1) is 22.7. The van der Waals surface area contributed by atoms with E-state index in [9.17, 15) is 14.4 Å². The van der Waals surface area contributed by atoms with Gasteiger partial charge in [0.05, 0.1) is 24.1 Å². The predicted octanol–water partition coefficient (Wildman–Crippen LogP) is 2.82. The maximum Gasteiger partial charge on any atom is 0.317 e. The Balaban J connectivity index is 1.38. The maximum absolute atomic E-state index is 13.0. The molecule has 0 fully saturated rings. The van der Waals surface area contributed by atoms with Crippen molar-refractivity contribution in [3.05, 3.63) is 104 Å². The number of carbonyl (C=O) groups excluding carboxylic acids is 1. The summed E-state index contributed by atoms with van der Waals surface area (Å²) in [7, 11) is 0. The lowest BCUT2D eigenvalue weighted by atomic mass is 10.2. The molecule has 1 aliphatic heterocycles. The lowest BCUT2D eigenvalue weighted by molar-refractivity contribution is -0.122. The van der Waals surface area contributed by atoms with Gasteiger partial charge in [-0.05, 0) is 35.9 Å². The number of hydrogen-bond donors (Lipinski definition) is 1. The van der Waals surface area contributed by atoms with Gasteiger partial charge in [0.15, 0.2) is 11.5 Å². The predicted molar refractivity (Wildman–Crippen MR) is 132 cm³/mol. The number of rotatable bonds is 6. The van der Waals surface area contributed by atoms with Gasteiger partial charge in [0.1, 0.15) is 19.3 Å². The van der Waals surface area contributed by atoms with E-state index in [1.54, 1.807) is 24.3 Å². The highest BCUT2D eigenvalue weighted by Gasteiger charge is 2.22. The van der Waals surface area contributed by atoms with Crippen LogP contribution in [0.15, 0.2) is 82.4 Å². The zero-order chi connectivity index (χ0) is 24.4. The number of fused-ring (bicyclic) bond motifs is 2. The molecular formula is C26H22ClN3O5. The van der Waals surface area contributed by atoms with Crippen molar-refractivity contribution in [3.8, 4) is 11.5 Å². The molecule has 35 heavy (non-hydrogen) atoms. The van der Waals surface area contributed by atoms with Crippen molar-refractivity contribution in [1.29, 1.82) is 0 Å². The van der Waals surface area contributed by atoms with Crippen LogP contribution in [0.2, 0.25) is 5.02 Å². The average molecular weight is 492 g/mol. The van der Waals surface area contributed by atoms with E-state index < -0.39 is 17.0 Å². The second-order valence-electron chi connectivity index (χ2n) is 8.20. The number of halogens is 1. The van der Waals surface area contributed by atoms with Crippen molar-refractivity contribution in [3.63, 3.8) is 0 Å². The van der Waals surface area contributed by atoms with Crippen LogP contribution in [-0.4, -0.2) is 34.3 Å². The van der Waals surface area contributed by atoms with Crippen LogP contribution in [-0.2, 0) is 17.9 Å². The van der Waals surface area contributed by atoms with Crippen molar-refractivity contribution in [2.75, 3.05) is 13.2 Å². The maximum atomic E-state index is 13.0. The highest BCUT2D eigenvalue weighted by Crippen LogP contribution is 2.30. The van der Waals surface area contributed by atoms with Gasteiger partial charge in [0, 0.05) is 5.02 Å². The smallest absolute Gasteiger partial charge is 0.317 e. The molecule has 1 amide bonds. The highest BCUT2D eigenvalue weighted by molar-refractivity contribution is 6.31. The molecular weight excluding hydrogens is 470 g/mol. The number of amides is 1. The van der Waals surface area contributed by atoms with Gasteiger partial charge < -0.3 is 14.8 Å². The third kappa shape index (κ3) is 4.79. The molecule has 0 aliphatic carbocycles. The van der Waals surface area contributed by atoms with Crippen LogP contribution in [0.4, 0.5) is 0 Å². The molecule has 0 saturated heterocycles. The minimum Gasteiger partial charge on any atom is -0.486 e. The van der Waals surface area contributed by atoms with Gasteiger partial charge in [-0.15, -0.1) is 0 Å². The monoisotopic (exact) mass is 491 g/mol. The third-order valence-electron chi connectivity index (χ3n) is 5.77. The molecule has 1 N–H and O–H groups in total. The van der Waals surface area contributed by atoms with E-state index in [4.69, 9.17) is 21.1 Å². The average Bonchev–Trinajstić information content (AvgIpc) is 2.88. The van der Waals surface area contributed by atoms with E-state index in [0.29, 0.717) is 27.6 Å². The topological polar surface area (TPSA) is 91.6 Å². The zero-order valence-electron chi connectivity index (χ0n) is 18.6. The summed E-state index contributed by atoms with van der Waals surface area (Å²) in [5.74, 6) is 0.828. The van der Waals surface area contributed by atoms with Crippen molar-refractivity contribution in [2.24, 2.45) is 0 Å². The summed E-state index contributed by atoms with van der Waals surface area (Å²) in [6, 6.07) is 21.6. The van der Waals surface area contributed by atoms with Gasteiger partial charge in [-0.2, -0.15) is 0 Å². The molecule has 0 spiro atoms. The van der Waals surface area contributed by atoms with Gasteiger partial charge >= 0.3 is 11.1 Å². The lowest BCUT2D eigenvalue weighted by Gasteiger charge is -2.26. The summed E-state index contributed by atoms with van der Waals surface area (Å²) in [4.78, 5) is 38.8. The summed E-state index contributed by atoms with van der Waals surface area (Å²) in [6.07, 6.45) is -0.379. The molecule has 1 atom stereocenters. The Bertz CT molecular complexity index is 1510. The van der Waals surface area contributed by atoms with Crippen LogP contribution < -0.4 is 25.9 Å². The fourth-order valence-corrected chi connectivity index (χ4v) is 4.23. The van der Waals surface area contributed by atoms with Gasteiger partial charge in [-0.25, -0.2) is 0 Å². The zero-order valence-corrected chi connectivity index (χ0v) is 19.4. The van der Waals surface area contributed by atoms with E-state index in [2.05, 4.69) is 5.32 Å². The first-order valence-corrected chi connectivity index (χ1v) is 11.5. The Morgan fingerprint density at radius 3 is 2.43 bits per heavy atom. The number of hydrogen-bond acceptors (Lipinski definition) is 5. The van der Waals surface area contributed by atoms with Crippen molar-refractivity contribution >= 4 is 28.5 Å². The molecule has 0 radical (unpaired) electrons. The number of carbonyl (C=O) groups is 1. The Hall–Kier alpha value is -4.04. The molecule has 3 aromatic carbocycles. The SMILES string of the molecule is O=C(Cn1c(=O)c(=O)n(Cc2ccccc2)c2ccc(Cl)cc21)NCC1COc2ccccc2O1. The number of benzene rings is 3. The molecule has 1 aromatic heterocycles. The van der Waals surface area contributed by atoms with E-state index in [1.165, 1.54) is 4.57 Å². The van der Waals surface area contributed by atoms with Gasteiger partial charge in [0.25, 0.3) is 0 Å². The number of aromatic nitrogens is 2. The Labute approximate surface area is 205 Å². The summed E-state index contributed by atoms with van der Waals surface area (Å²) in [6.45, 7) is 0.360. The number of ether oxygens (including phenoxy) is 2. The fraction of sp³-hybridized carbons (Fsp3) is 0.192. The van der Waals surface area contributed by atoms with Crippen LogP contribution >= 0.6 is 11.6 Å². The molecule has 1 unspecified atom stereocenters. The summed E-state index contributed by atoms with van der Waals surface area (Å²) < 4.78 is 14.1. The van der Waals surface area contributed by atoms with Crippen LogP contribution in [0.25, 0.3) is 11.0 Å². The number of nitrogens with zero attached hydrogens (tertiary/aromatic N) is 2. The van der Waals surface area contributed by atoms with Crippen LogP contribution in [0, 0.1) is 0 Å². The Morgan fingerprint density at radius 1 is 0.914 bits per heavy atom. The second-order valence-corrected chi connectivity index (χ2v) is 8.64. The normalized spacial score (nSPS) is 14.6. The summed E-state index contributed by atoms with van der Waals surface area (Å²) >= 11 is 6.20. The van der Waals surface area contributed by atoms with E-state index in [1.807, 2.05) is 48.5 Å². The summed E-state index contributed by atoms with van der Waals surface area (Å²) in [5.41, 5.74) is 0.279. The molecule has 4 aromatic rings. The molecule has 178 valence electrons. The quantitative estimate of drug-likeness (QED) is 0.419. The van der Waals surface area contributed by atoms with Crippen LogP contribution in [0.3, 0.4) is 0 Å². The molecule has 9 heteroatoms. The first-order chi connectivity index (χ1) is 17.0. The number of para-hydroxylation sites is 2. The van der Waals surface area contributed by atoms with Gasteiger partial charge in [-0.3, -0.25) is 23.5 Å². The molecule has 0 bridgehead atoms. The largest absolute Gasteiger partial charge is 0.486 e. The molecule has 5 rings (SSSR count). The molecule has 0 saturated carbocycles. The Morgan fingerprint density at radius 2 is 1.63 bits per heavy atom. The first-order valence-electron chi connectivity index (χ1n) is 11.1. The summed E-state index contributed by atoms with van der Waals surface area (Å²) in [5, 5.41) is 3.16. The fourth-order valence-electron chi connectivity index (χ4n) is 4.06. The molecule has 2 heterocycles. The van der Waals surface area contributed by atoms with Crippen LogP contribution in [0.1, 0.15) is 5.56 Å². The van der Waals surface area contributed by atoms with Crippen LogP contribution in [0.5, 0.6) is 11.5 Å². The minimum absolute atomic E-state index is 0.186. The van der Waals surface area contributed by atoms with E-state index in [-0.39, 0.29) is 32.3 Å². The van der Waals surface area contributed by atoms with Crippen molar-refractivity contribution in [1.82, 2.24) is 14.5 Å². The van der Waals surface area contributed by atoms with E-state index >= 15 is 0 Å². The second kappa shape index (κ2) is 9.68. The molecule has 1 aliphatic rings. The third-order valence-corrected chi connectivity index (χ3v) is 6.01. The van der Waals surface area contributed by atoms with E-state index in [0.717, 1.165) is 10.1 Å². The van der Waals surface area contributed by atoms with Crippen molar-refractivity contribution in [2.45, 2.75) is 19.2 Å².